The van der Waals surface area contributed by atoms with Crippen molar-refractivity contribution in [3.05, 3.63) is 42.2 Å². The molecule has 0 amide bonds. The van der Waals surface area contributed by atoms with Crippen molar-refractivity contribution in [3.8, 4) is 11.5 Å². The highest BCUT2D eigenvalue weighted by Gasteiger charge is 2.09. The van der Waals surface area contributed by atoms with Crippen LogP contribution in [0.4, 0.5) is 10.2 Å². The summed E-state index contributed by atoms with van der Waals surface area (Å²) in [5.74, 6) is 0.477. The third-order valence-electron chi connectivity index (χ3n) is 2.37. The van der Waals surface area contributed by atoms with Gasteiger partial charge in [-0.05, 0) is 36.4 Å². The topological polar surface area (TPSA) is 64.9 Å². The maximum atomic E-state index is 12.8. The minimum Gasteiger partial charge on any atom is -0.418 e. The van der Waals surface area contributed by atoms with Gasteiger partial charge < -0.3 is 10.2 Å². The van der Waals surface area contributed by atoms with Gasteiger partial charge in [0.15, 0.2) is 0 Å². The number of nitrogens with two attached hydrogens (primary N) is 1. The molecule has 3 aromatic rings. The minimum absolute atomic E-state index is 0.299. The largest absolute Gasteiger partial charge is 0.418 e. The Hall–Kier alpha value is -2.43. The molecule has 0 saturated heterocycles. The number of hydrogen-bond acceptors (Lipinski definition) is 4. The zero-order valence-electron chi connectivity index (χ0n) is 8.72. The van der Waals surface area contributed by atoms with E-state index in [9.17, 15) is 4.39 Å². The molecule has 0 radical (unpaired) electrons. The summed E-state index contributed by atoms with van der Waals surface area (Å²) in [6.07, 6.45) is 0. The van der Waals surface area contributed by atoms with Gasteiger partial charge in [-0.25, -0.2) is 9.37 Å². The number of aromatic nitrogens is 2. The van der Waals surface area contributed by atoms with Crippen molar-refractivity contribution in [2.45, 2.75) is 0 Å². The molecule has 0 aliphatic rings. The Balaban J connectivity index is 2.14. The van der Waals surface area contributed by atoms with Crippen LogP contribution < -0.4 is 5.73 Å². The molecule has 0 fully saturated rings. The van der Waals surface area contributed by atoms with Crippen molar-refractivity contribution >= 4 is 17.0 Å². The van der Waals surface area contributed by atoms with E-state index in [2.05, 4.69) is 9.97 Å². The van der Waals surface area contributed by atoms with Gasteiger partial charge in [0.2, 0.25) is 11.6 Å². The van der Waals surface area contributed by atoms with Crippen LogP contribution in [0.25, 0.3) is 22.7 Å². The molecular formula is C12H8FN3O. The van der Waals surface area contributed by atoms with Crippen LogP contribution in [0.1, 0.15) is 0 Å². The lowest BCUT2D eigenvalue weighted by Crippen LogP contribution is -1.87. The van der Waals surface area contributed by atoms with E-state index >= 15 is 0 Å². The molecular weight excluding hydrogens is 221 g/mol. The maximum absolute atomic E-state index is 12.8. The van der Waals surface area contributed by atoms with Gasteiger partial charge in [-0.3, -0.25) is 0 Å². The standard InChI is InChI=1S/C12H8FN3O/c13-8-3-1-7(2-4-8)11-15-9-5-6-10(14)16-12(9)17-11/h1-6H,(H2,14,16). The van der Waals surface area contributed by atoms with Gasteiger partial charge in [-0.1, -0.05) is 0 Å². The zero-order chi connectivity index (χ0) is 11.8. The van der Waals surface area contributed by atoms with Crippen LogP contribution in [0.5, 0.6) is 0 Å². The maximum Gasteiger partial charge on any atom is 0.249 e. The lowest BCUT2D eigenvalue weighted by molar-refractivity contribution is 0.606. The Morgan fingerprint density at radius 2 is 1.76 bits per heavy atom. The van der Waals surface area contributed by atoms with E-state index in [1.165, 1.54) is 12.1 Å². The summed E-state index contributed by atoms with van der Waals surface area (Å²) in [5, 5.41) is 0. The van der Waals surface area contributed by atoms with E-state index < -0.39 is 0 Å². The highest BCUT2D eigenvalue weighted by Crippen LogP contribution is 2.23. The number of hydrogen-bond donors (Lipinski definition) is 1. The average Bonchev–Trinajstić information content (AvgIpc) is 2.72. The second kappa shape index (κ2) is 3.55. The number of nitrogen functional groups attached to an aromatic ring is 1. The quantitative estimate of drug-likeness (QED) is 0.696. The van der Waals surface area contributed by atoms with E-state index in [-0.39, 0.29) is 5.82 Å². The van der Waals surface area contributed by atoms with Crippen LogP contribution in [0, 0.1) is 5.82 Å². The predicted octanol–water partition coefficient (Wildman–Crippen LogP) is 2.61. The van der Waals surface area contributed by atoms with Gasteiger partial charge in [0.25, 0.3) is 0 Å². The first-order chi connectivity index (χ1) is 8.22. The summed E-state index contributed by atoms with van der Waals surface area (Å²) < 4.78 is 18.2. The normalized spacial score (nSPS) is 10.9. The molecule has 2 heterocycles. The Morgan fingerprint density at radius 1 is 1.00 bits per heavy atom. The van der Waals surface area contributed by atoms with Crippen LogP contribution in [0.2, 0.25) is 0 Å². The number of anilines is 1. The third kappa shape index (κ3) is 1.71. The van der Waals surface area contributed by atoms with Crippen LogP contribution >= 0.6 is 0 Å². The minimum atomic E-state index is -0.299. The molecule has 2 N–H and O–H groups in total. The highest BCUT2D eigenvalue weighted by atomic mass is 19.1. The summed E-state index contributed by atoms with van der Waals surface area (Å²) in [6, 6.07) is 9.29. The molecule has 3 rings (SSSR count). The second-order valence-corrected chi connectivity index (χ2v) is 3.59. The first-order valence-corrected chi connectivity index (χ1v) is 5.01. The molecule has 0 unspecified atom stereocenters. The van der Waals surface area contributed by atoms with E-state index in [0.29, 0.717) is 28.5 Å². The van der Waals surface area contributed by atoms with Crippen molar-refractivity contribution in [2.24, 2.45) is 0 Å². The number of oxazole rings is 1. The molecule has 4 nitrogen and oxygen atoms in total. The van der Waals surface area contributed by atoms with E-state index in [4.69, 9.17) is 10.2 Å². The van der Waals surface area contributed by atoms with Crippen molar-refractivity contribution in [1.82, 2.24) is 9.97 Å². The number of pyridine rings is 1. The summed E-state index contributed by atoms with van der Waals surface area (Å²) in [5.41, 5.74) is 7.24. The Kier molecular flexibility index (Phi) is 2.04. The lowest BCUT2D eigenvalue weighted by atomic mass is 10.2. The number of rotatable bonds is 1. The smallest absolute Gasteiger partial charge is 0.249 e. The molecule has 0 spiro atoms. The fraction of sp³-hybridized carbons (Fsp3) is 0. The van der Waals surface area contributed by atoms with Crippen molar-refractivity contribution in [2.75, 3.05) is 5.73 Å². The summed E-state index contributed by atoms with van der Waals surface area (Å²) in [6.45, 7) is 0. The van der Waals surface area contributed by atoms with Crippen molar-refractivity contribution < 1.29 is 8.81 Å². The Morgan fingerprint density at radius 3 is 2.53 bits per heavy atom. The van der Waals surface area contributed by atoms with Crippen LogP contribution in [0.15, 0.2) is 40.8 Å². The fourth-order valence-corrected chi connectivity index (χ4v) is 1.55. The molecule has 0 saturated carbocycles. The Labute approximate surface area is 95.9 Å². The number of benzene rings is 1. The number of fused-ring (bicyclic) bond motifs is 1. The highest BCUT2D eigenvalue weighted by molar-refractivity contribution is 5.74. The summed E-state index contributed by atoms with van der Waals surface area (Å²) >= 11 is 0. The van der Waals surface area contributed by atoms with Gasteiger partial charge >= 0.3 is 0 Å². The third-order valence-corrected chi connectivity index (χ3v) is 2.37. The molecule has 0 bridgehead atoms. The summed E-state index contributed by atoms with van der Waals surface area (Å²) in [4.78, 5) is 8.26. The number of nitrogens with zero attached hydrogens (tertiary/aromatic N) is 2. The average molecular weight is 229 g/mol. The van der Waals surface area contributed by atoms with Gasteiger partial charge in [0.1, 0.15) is 17.2 Å². The van der Waals surface area contributed by atoms with Gasteiger partial charge in [0.05, 0.1) is 0 Å². The van der Waals surface area contributed by atoms with Crippen LogP contribution in [0.3, 0.4) is 0 Å². The van der Waals surface area contributed by atoms with Crippen LogP contribution in [-0.2, 0) is 0 Å². The molecule has 84 valence electrons. The predicted molar refractivity (Wildman–Crippen MR) is 61.6 cm³/mol. The molecule has 5 heteroatoms. The first kappa shape index (κ1) is 9.77. The summed E-state index contributed by atoms with van der Waals surface area (Å²) in [7, 11) is 0. The number of halogens is 1. The van der Waals surface area contributed by atoms with Crippen molar-refractivity contribution in [1.29, 1.82) is 0 Å². The Bertz CT molecular complexity index is 676. The molecule has 0 aliphatic carbocycles. The van der Waals surface area contributed by atoms with E-state index in [1.807, 2.05) is 0 Å². The van der Waals surface area contributed by atoms with E-state index in [1.54, 1.807) is 24.3 Å². The van der Waals surface area contributed by atoms with Gasteiger partial charge in [0, 0.05) is 5.56 Å². The molecule has 2 aromatic heterocycles. The molecule has 0 aliphatic heterocycles. The molecule has 1 aromatic carbocycles. The van der Waals surface area contributed by atoms with Gasteiger partial charge in [-0.2, -0.15) is 4.98 Å². The fourth-order valence-electron chi connectivity index (χ4n) is 1.55. The monoisotopic (exact) mass is 229 g/mol. The first-order valence-electron chi connectivity index (χ1n) is 5.01. The van der Waals surface area contributed by atoms with Crippen molar-refractivity contribution in [3.63, 3.8) is 0 Å². The molecule has 17 heavy (non-hydrogen) atoms. The van der Waals surface area contributed by atoms with Crippen LogP contribution in [-0.4, -0.2) is 9.97 Å². The van der Waals surface area contributed by atoms with Gasteiger partial charge in [-0.15, -0.1) is 0 Å². The lowest BCUT2D eigenvalue weighted by Gasteiger charge is -1.93. The molecule has 0 atom stereocenters. The zero-order valence-corrected chi connectivity index (χ0v) is 8.72. The second-order valence-electron chi connectivity index (χ2n) is 3.59. The van der Waals surface area contributed by atoms with E-state index in [0.717, 1.165) is 0 Å². The SMILES string of the molecule is Nc1ccc2nc(-c3ccc(F)cc3)oc2n1.